The van der Waals surface area contributed by atoms with Crippen LogP contribution in [0, 0.1) is 0 Å². The maximum Gasteiger partial charge on any atom is 0.414 e. The third kappa shape index (κ3) is 5.78. The molecular formula is C24H26ClNO8. The number of aliphatic carboxylic acids is 2. The van der Waals surface area contributed by atoms with E-state index < -0.39 is 17.5 Å². The molecule has 0 saturated carbocycles. The summed E-state index contributed by atoms with van der Waals surface area (Å²) in [5.74, 6) is -1.95. The van der Waals surface area contributed by atoms with Crippen molar-refractivity contribution in [3.63, 3.8) is 0 Å². The molecule has 0 aliphatic carbocycles. The average Bonchev–Trinajstić information content (AvgIpc) is 2.81. The second-order valence-electron chi connectivity index (χ2n) is 8.08. The van der Waals surface area contributed by atoms with Crippen LogP contribution in [0.2, 0.25) is 5.02 Å². The van der Waals surface area contributed by atoms with Crippen LogP contribution in [-0.4, -0.2) is 65.7 Å². The monoisotopic (exact) mass is 491 g/mol. The largest absolute Gasteiger partial charge is 0.493 e. The predicted molar refractivity (Wildman–Crippen MR) is 123 cm³/mol. The highest BCUT2D eigenvalue weighted by Crippen LogP contribution is 2.47. The van der Waals surface area contributed by atoms with E-state index in [1.165, 1.54) is 5.56 Å². The summed E-state index contributed by atoms with van der Waals surface area (Å²) in [7, 11) is 3.15. The van der Waals surface area contributed by atoms with Crippen LogP contribution in [0.5, 0.6) is 17.2 Å². The Labute approximate surface area is 201 Å². The molecule has 1 saturated heterocycles. The van der Waals surface area contributed by atoms with E-state index in [0.717, 1.165) is 37.5 Å². The average molecular weight is 492 g/mol. The number of fused-ring (bicyclic) bond motifs is 1. The minimum atomic E-state index is -1.82. The lowest BCUT2D eigenvalue weighted by atomic mass is 9.82. The van der Waals surface area contributed by atoms with Crippen molar-refractivity contribution in [2.24, 2.45) is 0 Å². The Kier molecular flexibility index (Phi) is 8.01. The van der Waals surface area contributed by atoms with Crippen molar-refractivity contribution in [2.45, 2.75) is 31.4 Å². The highest BCUT2D eigenvalue weighted by atomic mass is 35.5. The van der Waals surface area contributed by atoms with Crippen molar-refractivity contribution in [3.8, 4) is 17.2 Å². The van der Waals surface area contributed by atoms with Crippen LogP contribution < -0.4 is 14.2 Å². The molecule has 2 aliphatic rings. The first kappa shape index (κ1) is 25.3. The van der Waals surface area contributed by atoms with Gasteiger partial charge in [-0.05, 0) is 29.8 Å². The minimum Gasteiger partial charge on any atom is -0.493 e. The van der Waals surface area contributed by atoms with Gasteiger partial charge >= 0.3 is 11.9 Å². The molecule has 182 valence electrons. The zero-order valence-corrected chi connectivity index (χ0v) is 19.6. The number of carboxylic acid groups (broad SMARTS) is 2. The molecule has 2 aromatic rings. The van der Waals surface area contributed by atoms with Crippen LogP contribution in [0.25, 0.3) is 0 Å². The van der Waals surface area contributed by atoms with Crippen molar-refractivity contribution in [1.29, 1.82) is 0 Å². The molecule has 0 atom stereocenters. The first-order chi connectivity index (χ1) is 16.2. The predicted octanol–water partition coefficient (Wildman–Crippen LogP) is 3.51. The van der Waals surface area contributed by atoms with Gasteiger partial charge < -0.3 is 24.4 Å². The van der Waals surface area contributed by atoms with Gasteiger partial charge in [0.1, 0.15) is 5.60 Å². The Hall–Kier alpha value is -3.30. The zero-order chi connectivity index (χ0) is 24.9. The van der Waals surface area contributed by atoms with E-state index >= 15 is 0 Å². The molecular weight excluding hydrogens is 466 g/mol. The number of carbonyl (C=O) groups is 3. The number of likely N-dealkylation sites (tertiary alicyclic amines) is 1. The van der Waals surface area contributed by atoms with E-state index in [-0.39, 0.29) is 5.78 Å². The van der Waals surface area contributed by atoms with E-state index in [9.17, 15) is 4.79 Å². The molecule has 0 unspecified atom stereocenters. The fourth-order valence-electron chi connectivity index (χ4n) is 4.11. The van der Waals surface area contributed by atoms with Crippen molar-refractivity contribution in [1.82, 2.24) is 4.90 Å². The molecule has 1 spiro atoms. The number of methoxy groups -OCH3 is 2. The maximum absolute atomic E-state index is 12.8. The number of hydrogen-bond donors (Lipinski definition) is 2. The number of rotatable bonds is 4. The molecule has 2 aliphatic heterocycles. The number of carboxylic acids is 2. The fraction of sp³-hybridized carbons (Fsp3) is 0.375. The molecule has 2 heterocycles. The van der Waals surface area contributed by atoms with Gasteiger partial charge in [-0.25, -0.2) is 9.59 Å². The summed E-state index contributed by atoms with van der Waals surface area (Å²) in [4.78, 5) is 33.4. The number of piperidine rings is 1. The number of halogens is 1. The van der Waals surface area contributed by atoms with Gasteiger partial charge in [0.25, 0.3) is 0 Å². The first-order valence-electron chi connectivity index (χ1n) is 10.6. The number of benzene rings is 2. The summed E-state index contributed by atoms with van der Waals surface area (Å²) >= 11 is 5.97. The summed E-state index contributed by atoms with van der Waals surface area (Å²) in [6, 6.07) is 11.5. The van der Waals surface area contributed by atoms with Crippen LogP contribution in [0.3, 0.4) is 0 Å². The van der Waals surface area contributed by atoms with Crippen LogP contribution >= 0.6 is 11.6 Å². The van der Waals surface area contributed by atoms with Crippen LogP contribution in [0.1, 0.15) is 35.2 Å². The Morgan fingerprint density at radius 1 is 1.03 bits per heavy atom. The molecule has 2 aromatic carbocycles. The van der Waals surface area contributed by atoms with Crippen LogP contribution in [-0.2, 0) is 16.1 Å². The van der Waals surface area contributed by atoms with Gasteiger partial charge in [-0.15, -0.1) is 0 Å². The third-order valence-electron chi connectivity index (χ3n) is 5.87. The van der Waals surface area contributed by atoms with Crippen molar-refractivity contribution < 1.29 is 38.8 Å². The number of ether oxygens (including phenoxy) is 3. The van der Waals surface area contributed by atoms with E-state index in [1.807, 2.05) is 12.1 Å². The number of Topliss-reactive ketones (excluding diaryl/α,β-unsaturated/α-hetero) is 1. The lowest BCUT2D eigenvalue weighted by Crippen LogP contribution is -2.50. The molecule has 10 heteroatoms. The Balaban J connectivity index is 0.000000481. The van der Waals surface area contributed by atoms with E-state index in [4.69, 9.17) is 45.6 Å². The van der Waals surface area contributed by atoms with Crippen LogP contribution in [0.15, 0.2) is 36.4 Å². The summed E-state index contributed by atoms with van der Waals surface area (Å²) in [5.41, 5.74) is 1.34. The zero-order valence-electron chi connectivity index (χ0n) is 18.9. The van der Waals surface area contributed by atoms with E-state index in [0.29, 0.717) is 29.2 Å². The molecule has 34 heavy (non-hydrogen) atoms. The minimum absolute atomic E-state index is 0.105. The molecule has 2 N–H and O–H groups in total. The van der Waals surface area contributed by atoms with E-state index in [2.05, 4.69) is 17.0 Å². The highest BCUT2D eigenvalue weighted by molar-refractivity contribution is 6.30. The topological polar surface area (TPSA) is 123 Å². The first-order valence-corrected chi connectivity index (χ1v) is 11.0. The maximum atomic E-state index is 12.8. The SMILES string of the molecule is COc1ccc2c(c1OC)OC1(CCN(Cc3ccc(Cl)cc3)CC1)CC2=O.O=C(O)C(=O)O. The molecule has 0 bridgehead atoms. The lowest BCUT2D eigenvalue weighted by Gasteiger charge is -2.44. The van der Waals surface area contributed by atoms with Crippen molar-refractivity contribution in [3.05, 3.63) is 52.5 Å². The van der Waals surface area contributed by atoms with Gasteiger partial charge in [-0.3, -0.25) is 9.69 Å². The van der Waals surface area contributed by atoms with Gasteiger partial charge in [0.15, 0.2) is 17.3 Å². The molecule has 4 rings (SSSR count). The summed E-state index contributed by atoms with van der Waals surface area (Å²) < 4.78 is 17.3. The quantitative estimate of drug-likeness (QED) is 0.618. The molecule has 0 amide bonds. The summed E-state index contributed by atoms with van der Waals surface area (Å²) in [5, 5.41) is 15.5. The number of ketones is 1. The third-order valence-corrected chi connectivity index (χ3v) is 6.12. The standard InChI is InChI=1S/C22H24ClNO4.C2H2O4/c1-26-19-8-7-17-18(25)13-22(28-20(17)21(19)27-2)9-11-24(12-10-22)14-15-3-5-16(23)6-4-15;3-1(4)2(5)6/h3-8H,9-14H2,1-2H3;(H,3,4)(H,5,6). The lowest BCUT2D eigenvalue weighted by molar-refractivity contribution is -0.159. The van der Waals surface area contributed by atoms with Gasteiger partial charge in [0.2, 0.25) is 5.75 Å². The number of carbonyl (C=O) groups excluding carboxylic acids is 1. The van der Waals surface area contributed by atoms with Gasteiger partial charge in [-0.1, -0.05) is 23.7 Å². The Morgan fingerprint density at radius 2 is 1.65 bits per heavy atom. The fourth-order valence-corrected chi connectivity index (χ4v) is 4.23. The molecule has 0 aromatic heterocycles. The Bertz CT molecular complexity index is 1050. The van der Waals surface area contributed by atoms with Gasteiger partial charge in [0.05, 0.1) is 26.2 Å². The number of nitrogens with zero attached hydrogens (tertiary/aromatic N) is 1. The van der Waals surface area contributed by atoms with Gasteiger partial charge in [-0.2, -0.15) is 0 Å². The van der Waals surface area contributed by atoms with Gasteiger partial charge in [0, 0.05) is 37.5 Å². The highest BCUT2D eigenvalue weighted by Gasteiger charge is 2.44. The van der Waals surface area contributed by atoms with Crippen molar-refractivity contribution >= 4 is 29.3 Å². The second kappa shape index (κ2) is 10.8. The van der Waals surface area contributed by atoms with Crippen LogP contribution in [0.4, 0.5) is 0 Å². The smallest absolute Gasteiger partial charge is 0.414 e. The normalized spacial score (nSPS) is 16.5. The molecule has 1 fully saturated rings. The summed E-state index contributed by atoms with van der Waals surface area (Å²) in [6.45, 7) is 2.62. The number of hydrogen-bond acceptors (Lipinski definition) is 7. The molecule has 0 radical (unpaired) electrons. The molecule has 9 nitrogen and oxygen atoms in total. The van der Waals surface area contributed by atoms with Crippen molar-refractivity contribution in [2.75, 3.05) is 27.3 Å². The Morgan fingerprint density at radius 3 is 2.18 bits per heavy atom. The van der Waals surface area contributed by atoms with E-state index in [1.54, 1.807) is 26.4 Å². The second-order valence-corrected chi connectivity index (χ2v) is 8.51. The summed E-state index contributed by atoms with van der Waals surface area (Å²) in [6.07, 6.45) is 2.00.